The monoisotopic (exact) mass is 501 g/mol. The number of rotatable bonds is 5. The number of thiophene rings is 1. The van der Waals surface area contributed by atoms with Crippen LogP contribution in [0, 0.1) is 5.82 Å². The van der Waals surface area contributed by atoms with E-state index in [4.69, 9.17) is 11.5 Å². The Kier molecular flexibility index (Phi) is 5.81. The molecule has 0 aliphatic rings. The average molecular weight is 502 g/mol. The number of nitrogens with two attached hydrogens (primary N) is 2. The molecule has 6 N–H and O–H groups in total. The van der Waals surface area contributed by atoms with Gasteiger partial charge in [0.25, 0.3) is 21.5 Å². The summed E-state index contributed by atoms with van der Waals surface area (Å²) in [4.78, 5) is 36.1. The van der Waals surface area contributed by atoms with Crippen molar-refractivity contribution >= 4 is 55.4 Å². The van der Waals surface area contributed by atoms with E-state index in [-0.39, 0.29) is 25.8 Å². The number of hydrogen-bond acceptors (Lipinski definition) is 7. The summed E-state index contributed by atoms with van der Waals surface area (Å²) in [6.07, 6.45) is 1.51. The van der Waals surface area contributed by atoms with E-state index >= 15 is 0 Å². The van der Waals surface area contributed by atoms with Gasteiger partial charge < -0.3 is 16.8 Å². The summed E-state index contributed by atoms with van der Waals surface area (Å²) in [5.74, 6) is -1.48. The Morgan fingerprint density at radius 3 is 2.38 bits per heavy atom. The first-order valence-corrected chi connectivity index (χ1v) is 11.8. The van der Waals surface area contributed by atoms with Crippen molar-refractivity contribution in [2.75, 3.05) is 11.1 Å². The predicted molar refractivity (Wildman–Crippen MR) is 126 cm³/mol. The third-order valence-corrected chi connectivity index (χ3v) is 7.66. The fourth-order valence-corrected chi connectivity index (χ4v) is 5.18. The molecule has 0 atom stereocenters. The van der Waals surface area contributed by atoms with Crippen molar-refractivity contribution in [2.24, 2.45) is 5.73 Å². The van der Waals surface area contributed by atoms with E-state index in [1.165, 1.54) is 47.2 Å². The maximum Gasteiger partial charge on any atom is 0.333 e. The summed E-state index contributed by atoms with van der Waals surface area (Å²) >= 11 is 0.632. The third-order valence-electron chi connectivity index (χ3n) is 4.74. The number of amides is 3. The number of fused-ring (bicyclic) bond motifs is 1. The lowest BCUT2D eigenvalue weighted by Crippen LogP contribution is -2.33. The highest BCUT2D eigenvalue weighted by Crippen LogP contribution is 2.22. The second kappa shape index (κ2) is 8.61. The molecule has 34 heavy (non-hydrogen) atoms. The first-order chi connectivity index (χ1) is 16.0. The first kappa shape index (κ1) is 22.9. The second-order valence-electron chi connectivity index (χ2n) is 7.04. The van der Waals surface area contributed by atoms with E-state index in [0.717, 1.165) is 12.1 Å². The zero-order valence-electron chi connectivity index (χ0n) is 17.1. The molecule has 0 fully saturated rings. The lowest BCUT2D eigenvalue weighted by atomic mass is 10.1. The number of sulfonamides is 1. The second-order valence-corrected chi connectivity index (χ2v) is 10.0. The van der Waals surface area contributed by atoms with Gasteiger partial charge in [0.1, 0.15) is 10.0 Å². The van der Waals surface area contributed by atoms with Crippen LogP contribution < -0.4 is 27.1 Å². The van der Waals surface area contributed by atoms with Gasteiger partial charge in [0, 0.05) is 17.6 Å². The smallest absolute Gasteiger partial charge is 0.333 e. The SMILES string of the molecule is NC(=O)c1ccc(S(=O)(=O)NC(=O)Nc2ccc(-n3ccc4cc(N)c(F)cc4c3=O)cc2)s1. The summed E-state index contributed by atoms with van der Waals surface area (Å²) in [5.41, 5.74) is 10.8. The predicted octanol–water partition coefficient (Wildman–Crippen LogP) is 2.38. The molecular formula is C21H16FN5O5S2. The molecule has 0 bridgehead atoms. The molecule has 0 aliphatic carbocycles. The Morgan fingerprint density at radius 2 is 1.74 bits per heavy atom. The zero-order valence-corrected chi connectivity index (χ0v) is 18.7. The highest BCUT2D eigenvalue weighted by Gasteiger charge is 2.21. The number of nitrogen functional groups attached to an aromatic ring is 1. The summed E-state index contributed by atoms with van der Waals surface area (Å²) < 4.78 is 41.3. The molecular weight excluding hydrogens is 485 g/mol. The average Bonchev–Trinajstić information content (AvgIpc) is 3.28. The molecule has 13 heteroatoms. The topological polar surface area (TPSA) is 166 Å². The highest BCUT2D eigenvalue weighted by molar-refractivity contribution is 7.92. The number of pyridine rings is 1. The van der Waals surface area contributed by atoms with Gasteiger partial charge in [-0.05, 0) is 60.0 Å². The largest absolute Gasteiger partial charge is 0.396 e. The van der Waals surface area contributed by atoms with Gasteiger partial charge in [-0.3, -0.25) is 14.2 Å². The van der Waals surface area contributed by atoms with E-state index in [9.17, 15) is 27.2 Å². The Bertz CT molecular complexity index is 1610. The number of nitrogens with zero attached hydrogens (tertiary/aromatic N) is 1. The van der Waals surface area contributed by atoms with Crippen LogP contribution >= 0.6 is 11.3 Å². The first-order valence-electron chi connectivity index (χ1n) is 9.49. The lowest BCUT2D eigenvalue weighted by Gasteiger charge is -2.10. The van der Waals surface area contributed by atoms with Crippen LogP contribution in [-0.2, 0) is 10.0 Å². The molecule has 2 aromatic heterocycles. The molecule has 0 saturated carbocycles. The Morgan fingerprint density at radius 1 is 1.03 bits per heavy atom. The maximum absolute atomic E-state index is 13.8. The van der Waals surface area contributed by atoms with Gasteiger partial charge >= 0.3 is 6.03 Å². The number of hydrogen-bond donors (Lipinski definition) is 4. The molecule has 4 aromatic rings. The van der Waals surface area contributed by atoms with E-state index < -0.39 is 33.3 Å². The Labute approximate surface area is 195 Å². The molecule has 2 heterocycles. The summed E-state index contributed by atoms with van der Waals surface area (Å²) in [7, 11) is -4.21. The van der Waals surface area contributed by atoms with Gasteiger partial charge in [-0.25, -0.2) is 22.3 Å². The molecule has 3 amide bonds. The van der Waals surface area contributed by atoms with Crippen molar-refractivity contribution in [2.45, 2.75) is 4.21 Å². The van der Waals surface area contributed by atoms with Crippen LogP contribution in [0.15, 0.2) is 69.8 Å². The molecule has 0 radical (unpaired) electrons. The van der Waals surface area contributed by atoms with Gasteiger partial charge in [0.15, 0.2) is 0 Å². The van der Waals surface area contributed by atoms with Crippen LogP contribution in [0.3, 0.4) is 0 Å². The number of urea groups is 1. The molecule has 2 aromatic carbocycles. The number of carbonyl (C=O) groups is 2. The Balaban J connectivity index is 1.51. The van der Waals surface area contributed by atoms with Crippen molar-refractivity contribution in [3.63, 3.8) is 0 Å². The van der Waals surface area contributed by atoms with Crippen LogP contribution in [0.4, 0.5) is 20.6 Å². The van der Waals surface area contributed by atoms with E-state index in [2.05, 4.69) is 5.32 Å². The van der Waals surface area contributed by atoms with Crippen molar-refractivity contribution in [1.82, 2.24) is 9.29 Å². The maximum atomic E-state index is 13.8. The molecule has 0 spiro atoms. The van der Waals surface area contributed by atoms with Crippen LogP contribution in [0.5, 0.6) is 0 Å². The zero-order chi connectivity index (χ0) is 24.6. The van der Waals surface area contributed by atoms with Gasteiger partial charge in [-0.1, -0.05) is 0 Å². The minimum absolute atomic E-state index is 0.0338. The van der Waals surface area contributed by atoms with Crippen LogP contribution in [0.25, 0.3) is 16.5 Å². The normalized spacial score (nSPS) is 11.3. The Hall–Kier alpha value is -4.23. The van der Waals surface area contributed by atoms with E-state index in [1.807, 2.05) is 4.72 Å². The summed E-state index contributed by atoms with van der Waals surface area (Å²) in [6.45, 7) is 0. The molecule has 10 nitrogen and oxygen atoms in total. The molecule has 0 unspecified atom stereocenters. The highest BCUT2D eigenvalue weighted by atomic mass is 32.2. The fourth-order valence-electron chi connectivity index (χ4n) is 3.12. The number of benzene rings is 2. The van der Waals surface area contributed by atoms with Crippen LogP contribution in [0.1, 0.15) is 9.67 Å². The van der Waals surface area contributed by atoms with Crippen molar-refractivity contribution < 1.29 is 22.4 Å². The van der Waals surface area contributed by atoms with Crippen molar-refractivity contribution in [3.05, 3.63) is 81.8 Å². The number of primary amides is 1. The van der Waals surface area contributed by atoms with E-state index in [0.29, 0.717) is 22.4 Å². The quantitative estimate of drug-likeness (QED) is 0.306. The standard InChI is InChI=1S/C21H16FN5O5S2/c22-15-10-14-11(9-16(15)23)7-8-27(20(14)29)13-3-1-12(2-4-13)25-21(30)26-34(31,32)18-6-5-17(33-18)19(24)28/h1-10H,23H2,(H2,24,28)(H2,25,26,30). The summed E-state index contributed by atoms with van der Waals surface area (Å²) in [6, 6.07) is 11.4. The number of anilines is 2. The molecule has 0 aliphatic heterocycles. The molecule has 0 saturated heterocycles. The van der Waals surface area contributed by atoms with Crippen LogP contribution in [-0.4, -0.2) is 24.9 Å². The number of aromatic nitrogens is 1. The number of nitrogens with one attached hydrogen (secondary N) is 2. The van der Waals surface area contributed by atoms with Gasteiger partial charge in [0.05, 0.1) is 16.0 Å². The van der Waals surface area contributed by atoms with Gasteiger partial charge in [0.2, 0.25) is 0 Å². The minimum Gasteiger partial charge on any atom is -0.396 e. The van der Waals surface area contributed by atoms with Crippen LogP contribution in [0.2, 0.25) is 0 Å². The number of carbonyl (C=O) groups excluding carboxylic acids is 2. The van der Waals surface area contributed by atoms with E-state index in [1.54, 1.807) is 6.07 Å². The fraction of sp³-hybridized carbons (Fsp3) is 0. The minimum atomic E-state index is -4.21. The molecule has 174 valence electrons. The lowest BCUT2D eigenvalue weighted by molar-refractivity contribution is 0.100. The van der Waals surface area contributed by atoms with Crippen molar-refractivity contribution in [3.8, 4) is 5.69 Å². The molecule has 4 rings (SSSR count). The van der Waals surface area contributed by atoms with Gasteiger partial charge in [-0.2, -0.15) is 0 Å². The number of halogens is 1. The van der Waals surface area contributed by atoms with Crippen molar-refractivity contribution in [1.29, 1.82) is 0 Å². The summed E-state index contributed by atoms with van der Waals surface area (Å²) in [5, 5.41) is 3.00. The van der Waals surface area contributed by atoms with Gasteiger partial charge in [-0.15, -0.1) is 11.3 Å². The third kappa shape index (κ3) is 4.46.